The van der Waals surface area contributed by atoms with E-state index in [9.17, 15) is 12.8 Å². The highest BCUT2D eigenvalue weighted by molar-refractivity contribution is 7.92. The van der Waals surface area contributed by atoms with Crippen molar-refractivity contribution in [3.63, 3.8) is 0 Å². The van der Waals surface area contributed by atoms with Crippen molar-refractivity contribution in [1.82, 2.24) is 10.2 Å². The van der Waals surface area contributed by atoms with Gasteiger partial charge in [-0.1, -0.05) is 6.07 Å². The average Bonchev–Trinajstić information content (AvgIpc) is 2.77. The van der Waals surface area contributed by atoms with Crippen molar-refractivity contribution in [3.8, 4) is 0 Å². The van der Waals surface area contributed by atoms with E-state index in [1.807, 2.05) is 0 Å². The zero-order valence-corrected chi connectivity index (χ0v) is 9.91. The summed E-state index contributed by atoms with van der Waals surface area (Å²) in [5.74, 6) is -0.554. The smallest absolute Gasteiger partial charge is 0.279 e. The van der Waals surface area contributed by atoms with Gasteiger partial charge in [0, 0.05) is 5.56 Å². The lowest BCUT2D eigenvalue weighted by molar-refractivity contribution is 0.278. The third kappa shape index (κ3) is 2.49. The van der Waals surface area contributed by atoms with Gasteiger partial charge in [-0.3, -0.25) is 9.82 Å². The molecule has 2 aromatic rings. The molecule has 0 aliphatic heterocycles. The monoisotopic (exact) mass is 271 g/mol. The number of aromatic amines is 1. The zero-order valence-electron chi connectivity index (χ0n) is 9.09. The molecule has 0 radical (unpaired) electrons. The molecule has 6 nitrogen and oxygen atoms in total. The van der Waals surface area contributed by atoms with E-state index in [1.165, 1.54) is 24.4 Å². The minimum absolute atomic E-state index is 0.0912. The maximum atomic E-state index is 12.9. The van der Waals surface area contributed by atoms with Gasteiger partial charge in [0.05, 0.1) is 18.5 Å². The normalized spacial score (nSPS) is 11.4. The largest absolute Gasteiger partial charge is 0.392 e. The Bertz CT molecular complexity index is 654. The highest BCUT2D eigenvalue weighted by Crippen LogP contribution is 2.17. The summed E-state index contributed by atoms with van der Waals surface area (Å²) >= 11 is 0. The van der Waals surface area contributed by atoms with Gasteiger partial charge in [0.25, 0.3) is 10.0 Å². The van der Waals surface area contributed by atoms with E-state index in [4.69, 9.17) is 5.11 Å². The highest BCUT2D eigenvalue weighted by atomic mass is 32.2. The Labute approximate surface area is 103 Å². The highest BCUT2D eigenvalue weighted by Gasteiger charge is 2.20. The Balaban J connectivity index is 2.33. The van der Waals surface area contributed by atoms with Gasteiger partial charge in [-0.05, 0) is 18.2 Å². The first-order chi connectivity index (χ1) is 8.53. The number of aliphatic hydroxyl groups excluding tert-OH is 1. The maximum absolute atomic E-state index is 12.9. The number of sulfonamides is 1. The number of nitrogens with zero attached hydrogens (tertiary/aromatic N) is 1. The lowest BCUT2D eigenvalue weighted by atomic mass is 10.3. The number of hydrogen-bond acceptors (Lipinski definition) is 4. The maximum Gasteiger partial charge on any atom is 0.279 e. The fourth-order valence-corrected chi connectivity index (χ4v) is 2.58. The van der Waals surface area contributed by atoms with Crippen LogP contribution in [0.2, 0.25) is 0 Å². The molecule has 1 aromatic carbocycles. The van der Waals surface area contributed by atoms with Crippen LogP contribution >= 0.6 is 0 Å². The molecule has 2 rings (SSSR count). The second-order valence-corrected chi connectivity index (χ2v) is 5.12. The lowest BCUT2D eigenvalue weighted by Crippen LogP contribution is -2.15. The summed E-state index contributed by atoms with van der Waals surface area (Å²) in [4.78, 5) is 0. The van der Waals surface area contributed by atoms with Gasteiger partial charge < -0.3 is 5.11 Å². The molecular weight excluding hydrogens is 261 g/mol. The average molecular weight is 271 g/mol. The summed E-state index contributed by atoms with van der Waals surface area (Å²) in [5.41, 5.74) is 0.229. The number of benzene rings is 1. The molecule has 3 N–H and O–H groups in total. The molecule has 8 heteroatoms. The first-order valence-electron chi connectivity index (χ1n) is 4.94. The molecule has 18 heavy (non-hydrogen) atoms. The van der Waals surface area contributed by atoms with Crippen LogP contribution in [0.15, 0.2) is 35.5 Å². The van der Waals surface area contributed by atoms with E-state index < -0.39 is 22.4 Å². The minimum atomic E-state index is -3.92. The van der Waals surface area contributed by atoms with Crippen molar-refractivity contribution >= 4 is 15.7 Å². The molecule has 96 valence electrons. The van der Waals surface area contributed by atoms with E-state index in [0.717, 1.165) is 6.07 Å². The van der Waals surface area contributed by atoms with Gasteiger partial charge in [0.2, 0.25) is 0 Å². The van der Waals surface area contributed by atoms with Crippen LogP contribution in [0.5, 0.6) is 0 Å². The molecular formula is C10H10FN3O3S. The molecule has 0 bridgehead atoms. The lowest BCUT2D eigenvalue weighted by Gasteiger charge is -2.07. The fourth-order valence-electron chi connectivity index (χ4n) is 1.40. The van der Waals surface area contributed by atoms with E-state index in [2.05, 4.69) is 14.9 Å². The second-order valence-electron chi connectivity index (χ2n) is 3.50. The number of rotatable bonds is 4. The van der Waals surface area contributed by atoms with Crippen LogP contribution in [0.25, 0.3) is 0 Å². The number of anilines is 1. The molecule has 0 unspecified atom stereocenters. The number of halogens is 1. The van der Waals surface area contributed by atoms with Gasteiger partial charge in [0.1, 0.15) is 5.82 Å². The van der Waals surface area contributed by atoms with Crippen molar-refractivity contribution in [3.05, 3.63) is 41.8 Å². The number of nitrogens with one attached hydrogen (secondary N) is 2. The minimum Gasteiger partial charge on any atom is -0.392 e. The van der Waals surface area contributed by atoms with Crippen LogP contribution in [-0.4, -0.2) is 23.7 Å². The van der Waals surface area contributed by atoms with Crippen LogP contribution in [0.3, 0.4) is 0 Å². The molecule has 0 saturated carbocycles. The van der Waals surface area contributed by atoms with Crippen molar-refractivity contribution in [2.24, 2.45) is 0 Å². The summed E-state index contributed by atoms with van der Waals surface area (Å²) in [7, 11) is -3.92. The van der Waals surface area contributed by atoms with E-state index >= 15 is 0 Å². The molecule has 0 atom stereocenters. The third-order valence-electron chi connectivity index (χ3n) is 2.19. The van der Waals surface area contributed by atoms with Gasteiger partial charge in [-0.25, -0.2) is 4.39 Å². The number of aliphatic hydroxyl groups is 1. The molecule has 0 fully saturated rings. The predicted molar refractivity (Wildman–Crippen MR) is 61.7 cm³/mol. The molecule has 1 aromatic heterocycles. The molecule has 0 aliphatic carbocycles. The predicted octanol–water partition coefficient (Wildman–Crippen LogP) is 0.842. The van der Waals surface area contributed by atoms with Gasteiger partial charge in [-0.2, -0.15) is 13.5 Å². The van der Waals surface area contributed by atoms with E-state index in [1.54, 1.807) is 0 Å². The Morgan fingerprint density at radius 2 is 2.22 bits per heavy atom. The number of aromatic nitrogens is 2. The SMILES string of the molecule is O=S(=O)(Nc1cccc(F)c1)c1[nH]ncc1CO. The summed E-state index contributed by atoms with van der Waals surface area (Å²) in [6.07, 6.45) is 1.21. The van der Waals surface area contributed by atoms with Gasteiger partial charge >= 0.3 is 0 Å². The van der Waals surface area contributed by atoms with Crippen LogP contribution < -0.4 is 4.72 Å². The quantitative estimate of drug-likeness (QED) is 0.768. The second kappa shape index (κ2) is 4.75. The molecule has 0 saturated heterocycles. The zero-order chi connectivity index (χ0) is 13.2. The summed E-state index contributed by atoms with van der Waals surface area (Å²) in [6, 6.07) is 5.04. The topological polar surface area (TPSA) is 95.1 Å². The van der Waals surface area contributed by atoms with Crippen molar-refractivity contribution in [2.45, 2.75) is 11.6 Å². The van der Waals surface area contributed by atoms with Gasteiger partial charge in [-0.15, -0.1) is 0 Å². The molecule has 0 amide bonds. The van der Waals surface area contributed by atoms with Crippen molar-refractivity contribution in [2.75, 3.05) is 4.72 Å². The van der Waals surface area contributed by atoms with Gasteiger partial charge in [0.15, 0.2) is 5.03 Å². The first-order valence-corrected chi connectivity index (χ1v) is 6.43. The number of hydrogen-bond donors (Lipinski definition) is 3. The Morgan fingerprint density at radius 1 is 1.44 bits per heavy atom. The first kappa shape index (κ1) is 12.5. The Morgan fingerprint density at radius 3 is 2.89 bits per heavy atom. The summed E-state index contributed by atoms with van der Waals surface area (Å²) in [6.45, 7) is -0.462. The summed E-state index contributed by atoms with van der Waals surface area (Å²) < 4.78 is 39.0. The van der Waals surface area contributed by atoms with Crippen LogP contribution in [-0.2, 0) is 16.6 Å². The molecule has 0 aliphatic rings. The third-order valence-corrected chi connectivity index (χ3v) is 3.59. The summed E-state index contributed by atoms with van der Waals surface area (Å²) in [5, 5.41) is 14.5. The standard InChI is InChI=1S/C10H10FN3O3S/c11-8-2-1-3-9(4-8)14-18(16,17)10-7(6-15)5-12-13-10/h1-5,14-15H,6H2,(H,12,13). The fraction of sp³-hybridized carbons (Fsp3) is 0.100. The van der Waals surface area contributed by atoms with Crippen LogP contribution in [0.4, 0.5) is 10.1 Å². The Hall–Kier alpha value is -1.93. The van der Waals surface area contributed by atoms with E-state index in [-0.39, 0.29) is 16.3 Å². The van der Waals surface area contributed by atoms with Crippen LogP contribution in [0, 0.1) is 5.82 Å². The molecule has 1 heterocycles. The van der Waals surface area contributed by atoms with Crippen molar-refractivity contribution < 1.29 is 17.9 Å². The van der Waals surface area contributed by atoms with E-state index in [0.29, 0.717) is 0 Å². The van der Waals surface area contributed by atoms with Crippen LogP contribution in [0.1, 0.15) is 5.56 Å². The molecule has 0 spiro atoms. The van der Waals surface area contributed by atoms with Crippen molar-refractivity contribution in [1.29, 1.82) is 0 Å². The Kier molecular flexibility index (Phi) is 3.30. The number of H-pyrrole nitrogens is 1.